The van der Waals surface area contributed by atoms with E-state index in [4.69, 9.17) is 9.47 Å². The minimum absolute atomic E-state index is 0.130. The van der Waals surface area contributed by atoms with E-state index in [0.717, 1.165) is 21.0 Å². The molecule has 0 spiro atoms. The van der Waals surface area contributed by atoms with Crippen LogP contribution < -0.4 is 19.1 Å². The van der Waals surface area contributed by atoms with Crippen LogP contribution >= 0.6 is 0 Å². The fourth-order valence-corrected chi connectivity index (χ4v) is 5.90. The molecular formula is C32H39N3O6S. The molecule has 1 heterocycles. The van der Waals surface area contributed by atoms with E-state index in [9.17, 15) is 18.0 Å². The van der Waals surface area contributed by atoms with Crippen LogP contribution in [0.25, 0.3) is 0 Å². The van der Waals surface area contributed by atoms with Gasteiger partial charge in [0.15, 0.2) is 11.5 Å². The number of hydrogen-bond donors (Lipinski definition) is 1. The van der Waals surface area contributed by atoms with Gasteiger partial charge in [0.2, 0.25) is 21.8 Å². The monoisotopic (exact) mass is 593 g/mol. The van der Waals surface area contributed by atoms with Crippen LogP contribution in [0.1, 0.15) is 37.5 Å². The van der Waals surface area contributed by atoms with Crippen molar-refractivity contribution in [1.29, 1.82) is 0 Å². The summed E-state index contributed by atoms with van der Waals surface area (Å²) in [6.07, 6.45) is 0.265. The number of carbonyl (C=O) groups excluding carboxylic acids is 2. The summed E-state index contributed by atoms with van der Waals surface area (Å²) in [4.78, 5) is 29.4. The van der Waals surface area contributed by atoms with Crippen molar-refractivity contribution >= 4 is 27.5 Å². The van der Waals surface area contributed by atoms with Crippen LogP contribution in [0, 0.1) is 6.92 Å². The predicted molar refractivity (Wildman–Crippen MR) is 163 cm³/mol. The Morgan fingerprint density at radius 1 is 0.905 bits per heavy atom. The molecule has 224 valence electrons. The molecule has 1 atom stereocenters. The van der Waals surface area contributed by atoms with E-state index in [1.54, 1.807) is 18.2 Å². The third kappa shape index (κ3) is 7.82. The Bertz CT molecular complexity index is 1490. The van der Waals surface area contributed by atoms with Gasteiger partial charge in [0, 0.05) is 25.1 Å². The topological polar surface area (TPSA) is 105 Å². The maximum atomic E-state index is 14.3. The molecule has 0 bridgehead atoms. The van der Waals surface area contributed by atoms with Gasteiger partial charge in [0.1, 0.15) is 25.8 Å². The Morgan fingerprint density at radius 3 is 2.26 bits per heavy atom. The molecule has 4 rings (SSSR count). The number of carbonyl (C=O) groups is 2. The Morgan fingerprint density at radius 2 is 1.60 bits per heavy atom. The van der Waals surface area contributed by atoms with Gasteiger partial charge in [-0.2, -0.15) is 0 Å². The highest BCUT2D eigenvalue weighted by Crippen LogP contribution is 2.35. The van der Waals surface area contributed by atoms with Crippen LogP contribution in [0.3, 0.4) is 0 Å². The Balaban J connectivity index is 1.75. The van der Waals surface area contributed by atoms with E-state index in [0.29, 0.717) is 24.7 Å². The van der Waals surface area contributed by atoms with Crippen molar-refractivity contribution in [2.24, 2.45) is 0 Å². The molecule has 3 aromatic carbocycles. The molecule has 0 saturated heterocycles. The molecule has 0 aromatic heterocycles. The molecule has 2 amide bonds. The molecule has 1 N–H and O–H groups in total. The first-order valence-corrected chi connectivity index (χ1v) is 15.8. The standard InChI is InChI=1S/C32H39N3O6S/c1-5-42(38,39)35(27-14-15-29-30(20-27)41-17-16-40-29)22-31(36)34(21-26-13-9-10-24(4)18-26)28(32(37)33-23(2)3)19-25-11-7-6-8-12-25/h6-15,18,20,23,28H,5,16-17,19,21-22H2,1-4H3,(H,33,37). The zero-order valence-electron chi connectivity index (χ0n) is 24.6. The number of anilines is 1. The summed E-state index contributed by atoms with van der Waals surface area (Å²) >= 11 is 0. The van der Waals surface area contributed by atoms with Crippen molar-refractivity contribution in [3.63, 3.8) is 0 Å². The molecule has 1 aliphatic rings. The summed E-state index contributed by atoms with van der Waals surface area (Å²) in [5.74, 6) is -0.0901. The number of amides is 2. The molecule has 0 fully saturated rings. The Hall–Kier alpha value is -4.05. The maximum Gasteiger partial charge on any atom is 0.244 e. The molecule has 0 aliphatic carbocycles. The van der Waals surface area contributed by atoms with Crippen molar-refractivity contribution < 1.29 is 27.5 Å². The number of benzene rings is 3. The summed E-state index contributed by atoms with van der Waals surface area (Å²) in [7, 11) is -3.88. The molecule has 3 aromatic rings. The highest BCUT2D eigenvalue weighted by atomic mass is 32.2. The number of aryl methyl sites for hydroxylation is 1. The third-order valence-electron chi connectivity index (χ3n) is 6.93. The van der Waals surface area contributed by atoms with Gasteiger partial charge < -0.3 is 19.7 Å². The minimum atomic E-state index is -3.88. The molecule has 42 heavy (non-hydrogen) atoms. The van der Waals surface area contributed by atoms with E-state index >= 15 is 0 Å². The van der Waals surface area contributed by atoms with Crippen molar-refractivity contribution in [3.05, 3.63) is 89.5 Å². The molecule has 10 heteroatoms. The summed E-state index contributed by atoms with van der Waals surface area (Å²) in [6, 6.07) is 21.0. The number of ether oxygens (including phenoxy) is 2. The number of sulfonamides is 1. The van der Waals surface area contributed by atoms with E-state index in [2.05, 4.69) is 5.32 Å². The first-order valence-electron chi connectivity index (χ1n) is 14.2. The molecule has 0 saturated carbocycles. The highest BCUT2D eigenvalue weighted by molar-refractivity contribution is 7.92. The summed E-state index contributed by atoms with van der Waals surface area (Å²) in [5, 5.41) is 2.96. The lowest BCUT2D eigenvalue weighted by Crippen LogP contribution is -2.54. The Labute approximate surface area is 248 Å². The number of hydrogen-bond acceptors (Lipinski definition) is 6. The number of nitrogens with one attached hydrogen (secondary N) is 1. The lowest BCUT2D eigenvalue weighted by molar-refractivity contribution is -0.140. The zero-order valence-corrected chi connectivity index (χ0v) is 25.4. The van der Waals surface area contributed by atoms with Gasteiger partial charge >= 0.3 is 0 Å². The second-order valence-corrected chi connectivity index (χ2v) is 12.8. The van der Waals surface area contributed by atoms with Gasteiger partial charge in [0.05, 0.1) is 11.4 Å². The third-order valence-corrected chi connectivity index (χ3v) is 8.67. The Kier molecular flexibility index (Phi) is 10.1. The summed E-state index contributed by atoms with van der Waals surface area (Å²) < 4.78 is 39.1. The van der Waals surface area contributed by atoms with Crippen molar-refractivity contribution in [2.75, 3.05) is 29.8 Å². The predicted octanol–water partition coefficient (Wildman–Crippen LogP) is 4.09. The van der Waals surface area contributed by atoms with Crippen LogP contribution in [0.2, 0.25) is 0 Å². The van der Waals surface area contributed by atoms with E-state index in [1.165, 1.54) is 11.8 Å². The fourth-order valence-electron chi connectivity index (χ4n) is 4.85. The molecule has 1 unspecified atom stereocenters. The highest BCUT2D eigenvalue weighted by Gasteiger charge is 2.34. The number of nitrogens with zero attached hydrogens (tertiary/aromatic N) is 2. The largest absolute Gasteiger partial charge is 0.486 e. The van der Waals surface area contributed by atoms with Gasteiger partial charge in [0.25, 0.3) is 0 Å². The maximum absolute atomic E-state index is 14.3. The van der Waals surface area contributed by atoms with Gasteiger partial charge in [-0.05, 0) is 51.0 Å². The smallest absolute Gasteiger partial charge is 0.244 e. The van der Waals surface area contributed by atoms with E-state index in [1.807, 2.05) is 75.4 Å². The fraction of sp³-hybridized carbons (Fsp3) is 0.375. The normalized spacial score (nSPS) is 13.4. The molecule has 0 radical (unpaired) electrons. The first-order chi connectivity index (χ1) is 20.1. The van der Waals surface area contributed by atoms with Gasteiger partial charge in [-0.3, -0.25) is 13.9 Å². The van der Waals surface area contributed by atoms with Crippen LogP contribution in [0.4, 0.5) is 5.69 Å². The minimum Gasteiger partial charge on any atom is -0.486 e. The molecule has 1 aliphatic heterocycles. The van der Waals surface area contributed by atoms with E-state index in [-0.39, 0.29) is 36.4 Å². The van der Waals surface area contributed by atoms with Gasteiger partial charge in [-0.1, -0.05) is 60.2 Å². The van der Waals surface area contributed by atoms with Crippen LogP contribution in [-0.2, 0) is 32.6 Å². The first kappa shape index (κ1) is 30.9. The number of fused-ring (bicyclic) bond motifs is 1. The van der Waals surface area contributed by atoms with Crippen LogP contribution in [0.5, 0.6) is 11.5 Å². The van der Waals surface area contributed by atoms with Crippen LogP contribution in [0.15, 0.2) is 72.8 Å². The second kappa shape index (κ2) is 13.7. The average molecular weight is 594 g/mol. The molecule has 9 nitrogen and oxygen atoms in total. The van der Waals surface area contributed by atoms with Crippen molar-refractivity contribution in [2.45, 2.75) is 52.7 Å². The summed E-state index contributed by atoms with van der Waals surface area (Å²) in [5.41, 5.74) is 3.02. The number of rotatable bonds is 12. The lowest BCUT2D eigenvalue weighted by Gasteiger charge is -2.34. The average Bonchev–Trinajstić information content (AvgIpc) is 2.97. The zero-order chi connectivity index (χ0) is 30.3. The van der Waals surface area contributed by atoms with Crippen molar-refractivity contribution in [3.8, 4) is 11.5 Å². The van der Waals surface area contributed by atoms with Crippen molar-refractivity contribution in [1.82, 2.24) is 10.2 Å². The van der Waals surface area contributed by atoms with Gasteiger partial charge in [-0.15, -0.1) is 0 Å². The van der Waals surface area contributed by atoms with E-state index < -0.39 is 28.5 Å². The second-order valence-electron chi connectivity index (χ2n) is 10.6. The summed E-state index contributed by atoms with van der Waals surface area (Å²) in [6.45, 7) is 7.60. The molecular weight excluding hydrogens is 554 g/mol. The lowest BCUT2D eigenvalue weighted by atomic mass is 10.0. The quantitative estimate of drug-likeness (QED) is 0.339. The SMILES string of the molecule is CCS(=O)(=O)N(CC(=O)N(Cc1cccc(C)c1)C(Cc1ccccc1)C(=O)NC(C)C)c1ccc2c(c1)OCCO2. The van der Waals surface area contributed by atoms with Gasteiger partial charge in [-0.25, -0.2) is 8.42 Å². The van der Waals surface area contributed by atoms with Crippen LogP contribution in [-0.4, -0.2) is 62.7 Å².